The van der Waals surface area contributed by atoms with Gasteiger partial charge < -0.3 is 5.84 Å². The van der Waals surface area contributed by atoms with Crippen LogP contribution in [0.2, 0.25) is 0 Å². The predicted molar refractivity (Wildman–Crippen MR) is 55.2 cm³/mol. The van der Waals surface area contributed by atoms with Crippen LogP contribution in [-0.4, -0.2) is 14.6 Å². The predicted octanol–water partition coefficient (Wildman–Crippen LogP) is 1.30. The average molecular weight is 184 g/mol. The number of pyridine rings is 2. The number of rotatable bonds is 0. The first-order chi connectivity index (χ1) is 6.88. The van der Waals surface area contributed by atoms with E-state index in [0.29, 0.717) is 0 Å². The van der Waals surface area contributed by atoms with Gasteiger partial charge in [0, 0.05) is 23.2 Å². The largest absolute Gasteiger partial charge is 0.336 e. The van der Waals surface area contributed by atoms with Gasteiger partial charge in [-0.2, -0.15) is 0 Å². The lowest BCUT2D eigenvalue weighted by atomic mass is 10.2. The minimum Gasteiger partial charge on any atom is -0.336 e. The third-order valence-corrected chi connectivity index (χ3v) is 2.32. The molecule has 3 heterocycles. The van der Waals surface area contributed by atoms with E-state index in [0.717, 1.165) is 22.1 Å². The van der Waals surface area contributed by atoms with Crippen LogP contribution in [0.3, 0.4) is 0 Å². The summed E-state index contributed by atoms with van der Waals surface area (Å²) in [5, 5.41) is 2.08. The molecule has 0 unspecified atom stereocenters. The third kappa shape index (κ3) is 0.771. The van der Waals surface area contributed by atoms with Crippen LogP contribution in [0, 0.1) is 0 Å². The van der Waals surface area contributed by atoms with Crippen molar-refractivity contribution in [2.45, 2.75) is 0 Å². The molecule has 0 amide bonds. The van der Waals surface area contributed by atoms with Gasteiger partial charge >= 0.3 is 0 Å². The molecule has 4 heteroatoms. The van der Waals surface area contributed by atoms with Crippen molar-refractivity contribution in [1.82, 2.24) is 14.6 Å². The van der Waals surface area contributed by atoms with Gasteiger partial charge in [-0.05, 0) is 24.3 Å². The van der Waals surface area contributed by atoms with Crippen molar-refractivity contribution in [1.29, 1.82) is 0 Å². The lowest BCUT2D eigenvalue weighted by Crippen LogP contribution is -2.08. The minimum absolute atomic E-state index is 0.765. The lowest BCUT2D eigenvalue weighted by molar-refractivity contribution is 1.05. The van der Waals surface area contributed by atoms with Gasteiger partial charge in [-0.25, -0.2) is 14.6 Å². The van der Waals surface area contributed by atoms with E-state index in [-0.39, 0.29) is 0 Å². The number of nitrogen functional groups attached to an aromatic ring is 1. The highest BCUT2D eigenvalue weighted by atomic mass is 15.3. The maximum atomic E-state index is 5.87. The highest BCUT2D eigenvalue weighted by molar-refractivity contribution is 6.04. The second-order valence-electron chi connectivity index (χ2n) is 3.12. The molecule has 0 radical (unpaired) electrons. The number of aromatic nitrogens is 3. The van der Waals surface area contributed by atoms with E-state index in [1.807, 2.05) is 24.3 Å². The van der Waals surface area contributed by atoms with Crippen molar-refractivity contribution < 1.29 is 0 Å². The number of hydrogen-bond donors (Lipinski definition) is 1. The first kappa shape index (κ1) is 7.32. The van der Waals surface area contributed by atoms with Crippen molar-refractivity contribution in [3.05, 3.63) is 36.7 Å². The van der Waals surface area contributed by atoms with Crippen LogP contribution in [0.15, 0.2) is 36.7 Å². The van der Waals surface area contributed by atoms with Crippen molar-refractivity contribution >= 4 is 22.1 Å². The molecule has 0 bridgehead atoms. The lowest BCUT2D eigenvalue weighted by Gasteiger charge is -1.93. The molecule has 0 spiro atoms. The summed E-state index contributed by atoms with van der Waals surface area (Å²) in [6, 6.07) is 7.79. The summed E-state index contributed by atoms with van der Waals surface area (Å²) in [6.07, 6.45) is 3.45. The number of nitrogens with zero attached hydrogens (tertiary/aromatic N) is 3. The molecule has 4 nitrogen and oxygen atoms in total. The van der Waals surface area contributed by atoms with Gasteiger partial charge in [0.15, 0.2) is 11.3 Å². The number of hydrogen-bond acceptors (Lipinski definition) is 3. The zero-order chi connectivity index (χ0) is 9.54. The summed E-state index contributed by atoms with van der Waals surface area (Å²) in [5.74, 6) is 5.87. The molecule has 0 aromatic carbocycles. The third-order valence-electron chi connectivity index (χ3n) is 2.32. The van der Waals surface area contributed by atoms with Gasteiger partial charge in [0.2, 0.25) is 0 Å². The minimum atomic E-state index is 0.765. The van der Waals surface area contributed by atoms with Crippen LogP contribution in [0.5, 0.6) is 0 Å². The summed E-state index contributed by atoms with van der Waals surface area (Å²) in [5.41, 5.74) is 1.53. The van der Waals surface area contributed by atoms with Gasteiger partial charge in [0.25, 0.3) is 0 Å². The SMILES string of the molecule is Nn1c2ncccc2c2cccnc21. The Bertz CT molecular complexity index is 558. The van der Waals surface area contributed by atoms with E-state index in [9.17, 15) is 0 Å². The first-order valence-electron chi connectivity index (χ1n) is 4.33. The van der Waals surface area contributed by atoms with E-state index in [4.69, 9.17) is 5.84 Å². The second-order valence-corrected chi connectivity index (χ2v) is 3.12. The summed E-state index contributed by atoms with van der Waals surface area (Å²) in [6.45, 7) is 0. The molecule has 0 fully saturated rings. The molecule has 0 aliphatic carbocycles. The Hall–Kier alpha value is -2.10. The normalized spacial score (nSPS) is 11.1. The van der Waals surface area contributed by atoms with Crippen LogP contribution in [-0.2, 0) is 0 Å². The van der Waals surface area contributed by atoms with Crippen molar-refractivity contribution in [3.63, 3.8) is 0 Å². The standard InChI is InChI=1S/C10H8N4/c11-14-9-7(3-1-5-12-9)8-4-2-6-13-10(8)14/h1-6H,11H2. The highest BCUT2D eigenvalue weighted by Crippen LogP contribution is 2.22. The van der Waals surface area contributed by atoms with Gasteiger partial charge in [-0.15, -0.1) is 0 Å². The summed E-state index contributed by atoms with van der Waals surface area (Å²) in [4.78, 5) is 8.43. The summed E-state index contributed by atoms with van der Waals surface area (Å²) >= 11 is 0. The summed E-state index contributed by atoms with van der Waals surface area (Å²) < 4.78 is 1.52. The van der Waals surface area contributed by atoms with E-state index in [1.54, 1.807) is 12.4 Å². The molecule has 0 saturated carbocycles. The van der Waals surface area contributed by atoms with Crippen LogP contribution < -0.4 is 5.84 Å². The number of fused-ring (bicyclic) bond motifs is 3. The quantitative estimate of drug-likeness (QED) is 0.536. The van der Waals surface area contributed by atoms with Gasteiger partial charge in [0.1, 0.15) is 0 Å². The molecule has 2 N–H and O–H groups in total. The van der Waals surface area contributed by atoms with Crippen LogP contribution in [0.25, 0.3) is 22.1 Å². The fourth-order valence-electron chi connectivity index (χ4n) is 1.70. The Morgan fingerprint density at radius 2 is 1.43 bits per heavy atom. The Labute approximate surface area is 80.0 Å². The molecule has 0 aliphatic rings. The zero-order valence-electron chi connectivity index (χ0n) is 7.38. The molecule has 0 atom stereocenters. The van der Waals surface area contributed by atoms with E-state index >= 15 is 0 Å². The first-order valence-corrected chi connectivity index (χ1v) is 4.33. The van der Waals surface area contributed by atoms with Crippen LogP contribution in [0.1, 0.15) is 0 Å². The van der Waals surface area contributed by atoms with Crippen molar-refractivity contribution in [2.24, 2.45) is 0 Å². The topological polar surface area (TPSA) is 56.7 Å². The molecular formula is C10H8N4. The highest BCUT2D eigenvalue weighted by Gasteiger charge is 2.08. The molecule has 68 valence electrons. The molecular weight excluding hydrogens is 176 g/mol. The monoisotopic (exact) mass is 184 g/mol. The molecule has 3 aromatic rings. The smallest absolute Gasteiger partial charge is 0.160 e. The van der Waals surface area contributed by atoms with E-state index < -0.39 is 0 Å². The van der Waals surface area contributed by atoms with Gasteiger partial charge in [-0.1, -0.05) is 0 Å². The van der Waals surface area contributed by atoms with Crippen molar-refractivity contribution in [2.75, 3.05) is 5.84 Å². The van der Waals surface area contributed by atoms with Crippen LogP contribution >= 0.6 is 0 Å². The van der Waals surface area contributed by atoms with Gasteiger partial charge in [0.05, 0.1) is 0 Å². The second kappa shape index (κ2) is 2.45. The fraction of sp³-hybridized carbons (Fsp3) is 0. The Kier molecular flexibility index (Phi) is 1.28. The molecule has 3 aromatic heterocycles. The number of nitrogens with two attached hydrogens (primary N) is 1. The van der Waals surface area contributed by atoms with Crippen LogP contribution in [0.4, 0.5) is 0 Å². The molecule has 3 rings (SSSR count). The zero-order valence-corrected chi connectivity index (χ0v) is 7.38. The van der Waals surface area contributed by atoms with E-state index in [2.05, 4.69) is 9.97 Å². The Morgan fingerprint density at radius 3 is 1.93 bits per heavy atom. The maximum absolute atomic E-state index is 5.87. The molecule has 0 aliphatic heterocycles. The Balaban J connectivity index is 2.69. The Morgan fingerprint density at radius 1 is 0.929 bits per heavy atom. The average Bonchev–Trinajstić information content (AvgIpc) is 2.55. The maximum Gasteiger partial charge on any atom is 0.160 e. The molecule has 14 heavy (non-hydrogen) atoms. The molecule has 0 saturated heterocycles. The fourth-order valence-corrected chi connectivity index (χ4v) is 1.70. The van der Waals surface area contributed by atoms with E-state index in [1.165, 1.54) is 4.68 Å². The summed E-state index contributed by atoms with van der Waals surface area (Å²) in [7, 11) is 0. The van der Waals surface area contributed by atoms with Gasteiger partial charge in [-0.3, -0.25) is 0 Å². The van der Waals surface area contributed by atoms with Crippen molar-refractivity contribution in [3.8, 4) is 0 Å².